The molecule has 18 heavy (non-hydrogen) atoms. The number of pyridine rings is 1. The molecule has 1 aliphatic rings. The molecule has 1 saturated heterocycles. The van der Waals surface area contributed by atoms with Crippen molar-refractivity contribution in [1.29, 1.82) is 0 Å². The molecule has 0 bridgehead atoms. The number of hydrogen-bond acceptors (Lipinski definition) is 3. The van der Waals surface area contributed by atoms with Crippen molar-refractivity contribution in [2.24, 2.45) is 11.8 Å². The third-order valence-electron chi connectivity index (χ3n) is 3.28. The molecule has 2 rings (SSSR count). The Balaban J connectivity index is 2.17. The van der Waals surface area contributed by atoms with Crippen LogP contribution in [0, 0.1) is 11.8 Å². The van der Waals surface area contributed by atoms with Crippen LogP contribution in [0.5, 0.6) is 0 Å². The highest BCUT2D eigenvalue weighted by molar-refractivity contribution is 6.29. The van der Waals surface area contributed by atoms with Gasteiger partial charge < -0.3 is 0 Å². The monoisotopic (exact) mass is 266 g/mol. The number of carbonyl (C=O) groups excluding carboxylic acids is 2. The molecule has 1 atom stereocenters. The summed E-state index contributed by atoms with van der Waals surface area (Å²) in [5.41, 5.74) is 0.222. The SMILES string of the molecule is CC(C)C1CC(=O)N(C(=O)c2cccc(Cl)n2)C1. The van der Waals surface area contributed by atoms with Crippen LogP contribution in [0.2, 0.25) is 5.15 Å². The van der Waals surface area contributed by atoms with Gasteiger partial charge in [-0.1, -0.05) is 31.5 Å². The molecule has 1 unspecified atom stereocenters. The molecule has 0 radical (unpaired) electrons. The van der Waals surface area contributed by atoms with Crippen LogP contribution in [-0.4, -0.2) is 28.2 Å². The summed E-state index contributed by atoms with van der Waals surface area (Å²) in [6.45, 7) is 4.59. The predicted octanol–water partition coefficient (Wildman–Crippen LogP) is 2.38. The molecule has 1 aromatic heterocycles. The van der Waals surface area contributed by atoms with Crippen molar-refractivity contribution in [2.45, 2.75) is 20.3 Å². The van der Waals surface area contributed by atoms with E-state index in [9.17, 15) is 9.59 Å². The molecule has 4 nitrogen and oxygen atoms in total. The van der Waals surface area contributed by atoms with Gasteiger partial charge in [0.15, 0.2) is 0 Å². The van der Waals surface area contributed by atoms with Crippen LogP contribution in [0.15, 0.2) is 18.2 Å². The summed E-state index contributed by atoms with van der Waals surface area (Å²) in [5.74, 6) is 0.144. The quantitative estimate of drug-likeness (QED) is 0.610. The number of rotatable bonds is 2. The molecule has 0 saturated carbocycles. The molecule has 1 fully saturated rings. The molecule has 5 heteroatoms. The first-order chi connectivity index (χ1) is 8.49. The number of halogens is 1. The summed E-state index contributed by atoms with van der Waals surface area (Å²) in [4.78, 5) is 29.2. The summed E-state index contributed by atoms with van der Waals surface area (Å²) in [5, 5.41) is 0.257. The lowest BCUT2D eigenvalue weighted by Gasteiger charge is -2.16. The van der Waals surface area contributed by atoms with E-state index in [1.165, 1.54) is 4.90 Å². The van der Waals surface area contributed by atoms with Crippen molar-refractivity contribution in [2.75, 3.05) is 6.54 Å². The van der Waals surface area contributed by atoms with Crippen LogP contribution in [0.3, 0.4) is 0 Å². The molecular weight excluding hydrogens is 252 g/mol. The summed E-state index contributed by atoms with van der Waals surface area (Å²) < 4.78 is 0. The van der Waals surface area contributed by atoms with Gasteiger partial charge in [0.1, 0.15) is 10.8 Å². The van der Waals surface area contributed by atoms with E-state index in [2.05, 4.69) is 18.8 Å². The predicted molar refractivity (Wildman–Crippen MR) is 68.2 cm³/mol. The molecule has 0 aliphatic carbocycles. The maximum atomic E-state index is 12.2. The standard InChI is InChI=1S/C13H15ClN2O2/c1-8(2)9-6-12(17)16(7-9)13(18)10-4-3-5-11(14)15-10/h3-5,8-9H,6-7H2,1-2H3. The van der Waals surface area contributed by atoms with Gasteiger partial charge in [-0.2, -0.15) is 0 Å². The second-order valence-corrected chi connectivity index (χ2v) is 5.25. The zero-order valence-electron chi connectivity index (χ0n) is 10.4. The average molecular weight is 267 g/mol. The van der Waals surface area contributed by atoms with Gasteiger partial charge in [0.25, 0.3) is 5.91 Å². The number of carbonyl (C=O) groups is 2. The van der Waals surface area contributed by atoms with Gasteiger partial charge in [0.2, 0.25) is 5.91 Å². The Morgan fingerprint density at radius 2 is 2.22 bits per heavy atom. The third kappa shape index (κ3) is 2.53. The summed E-state index contributed by atoms with van der Waals surface area (Å²) in [7, 11) is 0. The largest absolute Gasteiger partial charge is 0.279 e. The zero-order chi connectivity index (χ0) is 13.3. The zero-order valence-corrected chi connectivity index (χ0v) is 11.1. The van der Waals surface area contributed by atoms with Crippen LogP contribution in [0.25, 0.3) is 0 Å². The van der Waals surface area contributed by atoms with Crippen LogP contribution >= 0.6 is 11.6 Å². The van der Waals surface area contributed by atoms with E-state index >= 15 is 0 Å². The second kappa shape index (κ2) is 5.06. The Labute approximate surface area is 111 Å². The van der Waals surface area contributed by atoms with Gasteiger partial charge >= 0.3 is 0 Å². The van der Waals surface area contributed by atoms with Crippen LogP contribution in [0.1, 0.15) is 30.8 Å². The maximum absolute atomic E-state index is 12.2. The van der Waals surface area contributed by atoms with E-state index in [1.54, 1.807) is 18.2 Å². The number of likely N-dealkylation sites (tertiary alicyclic amines) is 1. The van der Waals surface area contributed by atoms with Crippen LogP contribution < -0.4 is 0 Å². The molecule has 96 valence electrons. The number of aromatic nitrogens is 1. The molecule has 1 aromatic rings. The minimum absolute atomic E-state index is 0.125. The molecule has 0 spiro atoms. The van der Waals surface area contributed by atoms with E-state index in [-0.39, 0.29) is 28.6 Å². The van der Waals surface area contributed by atoms with Crippen molar-refractivity contribution in [1.82, 2.24) is 9.88 Å². The van der Waals surface area contributed by atoms with Crippen molar-refractivity contribution < 1.29 is 9.59 Å². The molecule has 2 amide bonds. The van der Waals surface area contributed by atoms with Gasteiger partial charge in [-0.3, -0.25) is 14.5 Å². The van der Waals surface area contributed by atoms with Crippen molar-refractivity contribution in [3.63, 3.8) is 0 Å². The fraction of sp³-hybridized carbons (Fsp3) is 0.462. The third-order valence-corrected chi connectivity index (χ3v) is 3.49. The maximum Gasteiger partial charge on any atom is 0.279 e. The smallest absolute Gasteiger partial charge is 0.277 e. The highest BCUT2D eigenvalue weighted by atomic mass is 35.5. The van der Waals surface area contributed by atoms with E-state index in [0.29, 0.717) is 18.9 Å². The normalized spacial score (nSPS) is 19.7. The Morgan fingerprint density at radius 3 is 2.78 bits per heavy atom. The van der Waals surface area contributed by atoms with E-state index in [4.69, 9.17) is 11.6 Å². The first kappa shape index (κ1) is 13.0. The summed E-state index contributed by atoms with van der Waals surface area (Å²) >= 11 is 5.74. The highest BCUT2D eigenvalue weighted by Gasteiger charge is 2.36. The van der Waals surface area contributed by atoms with Crippen molar-refractivity contribution in [3.8, 4) is 0 Å². The number of nitrogens with zero attached hydrogens (tertiary/aromatic N) is 2. The first-order valence-corrected chi connectivity index (χ1v) is 6.34. The van der Waals surface area contributed by atoms with Crippen molar-refractivity contribution >= 4 is 23.4 Å². The molecule has 0 aromatic carbocycles. The van der Waals surface area contributed by atoms with Gasteiger partial charge in [-0.15, -0.1) is 0 Å². The number of hydrogen-bond donors (Lipinski definition) is 0. The Hall–Kier alpha value is -1.42. The molecule has 2 heterocycles. The number of imide groups is 1. The molecule has 0 N–H and O–H groups in total. The lowest BCUT2D eigenvalue weighted by atomic mass is 9.95. The van der Waals surface area contributed by atoms with Crippen LogP contribution in [0.4, 0.5) is 0 Å². The van der Waals surface area contributed by atoms with Gasteiger partial charge in [0, 0.05) is 13.0 Å². The first-order valence-electron chi connectivity index (χ1n) is 5.96. The summed E-state index contributed by atoms with van der Waals surface area (Å²) in [6, 6.07) is 4.83. The minimum Gasteiger partial charge on any atom is -0.277 e. The molecular formula is C13H15ClN2O2. The Morgan fingerprint density at radius 1 is 1.50 bits per heavy atom. The Bertz CT molecular complexity index is 488. The summed E-state index contributed by atoms with van der Waals surface area (Å²) in [6.07, 6.45) is 0.434. The minimum atomic E-state index is -0.356. The fourth-order valence-electron chi connectivity index (χ4n) is 2.04. The van der Waals surface area contributed by atoms with E-state index in [1.807, 2.05) is 0 Å². The average Bonchev–Trinajstić information content (AvgIpc) is 2.70. The highest BCUT2D eigenvalue weighted by Crippen LogP contribution is 2.25. The lowest BCUT2D eigenvalue weighted by molar-refractivity contribution is -0.125. The number of amides is 2. The van der Waals surface area contributed by atoms with E-state index in [0.717, 1.165) is 0 Å². The molecule has 1 aliphatic heterocycles. The van der Waals surface area contributed by atoms with Gasteiger partial charge in [-0.25, -0.2) is 4.98 Å². The lowest BCUT2D eigenvalue weighted by Crippen LogP contribution is -2.33. The topological polar surface area (TPSA) is 50.3 Å². The fourth-order valence-corrected chi connectivity index (χ4v) is 2.21. The van der Waals surface area contributed by atoms with Gasteiger partial charge in [0.05, 0.1) is 0 Å². The van der Waals surface area contributed by atoms with Gasteiger partial charge in [-0.05, 0) is 24.0 Å². The van der Waals surface area contributed by atoms with Crippen LogP contribution in [-0.2, 0) is 4.79 Å². The Kier molecular flexibility index (Phi) is 3.66. The second-order valence-electron chi connectivity index (χ2n) is 4.86. The van der Waals surface area contributed by atoms with Crippen molar-refractivity contribution in [3.05, 3.63) is 29.0 Å². The van der Waals surface area contributed by atoms with E-state index < -0.39 is 0 Å².